The first-order valence-corrected chi connectivity index (χ1v) is 7.13. The van der Waals surface area contributed by atoms with E-state index in [0.29, 0.717) is 15.5 Å². The van der Waals surface area contributed by atoms with Crippen LogP contribution in [-0.4, -0.2) is 17.0 Å². The number of hydrogen-bond donors (Lipinski definition) is 2. The Labute approximate surface area is 125 Å². The van der Waals surface area contributed by atoms with Gasteiger partial charge in [0.05, 0.1) is 17.3 Å². The summed E-state index contributed by atoms with van der Waals surface area (Å²) in [5.41, 5.74) is 0.671. The molecule has 0 aliphatic carbocycles. The Morgan fingerprint density at radius 1 is 1.30 bits per heavy atom. The Bertz CT molecular complexity index is 613. The van der Waals surface area contributed by atoms with Crippen molar-refractivity contribution in [1.82, 2.24) is 5.32 Å². The molecule has 2 aromatic rings. The number of carbonyl (C=O) groups excluding carboxylic acids is 1. The summed E-state index contributed by atoms with van der Waals surface area (Å²) in [4.78, 5) is 23.5. The van der Waals surface area contributed by atoms with Gasteiger partial charge in [-0.1, -0.05) is 29.8 Å². The van der Waals surface area contributed by atoms with Crippen molar-refractivity contribution in [3.8, 4) is 0 Å². The van der Waals surface area contributed by atoms with E-state index in [4.69, 9.17) is 16.7 Å². The highest BCUT2D eigenvalue weighted by molar-refractivity contribution is 7.12. The largest absolute Gasteiger partial charge is 0.481 e. The fourth-order valence-corrected chi connectivity index (χ4v) is 2.61. The van der Waals surface area contributed by atoms with Crippen LogP contribution >= 0.6 is 22.9 Å². The molecule has 1 amide bonds. The normalized spacial score (nSPS) is 11.8. The highest BCUT2D eigenvalue weighted by Crippen LogP contribution is 2.21. The van der Waals surface area contributed by atoms with Gasteiger partial charge in [0.2, 0.25) is 0 Å². The number of carboxylic acid groups (broad SMARTS) is 1. The molecule has 1 aromatic heterocycles. The Morgan fingerprint density at radius 2 is 2.10 bits per heavy atom. The lowest BCUT2D eigenvalue weighted by Crippen LogP contribution is -2.29. The third kappa shape index (κ3) is 3.82. The number of benzene rings is 1. The van der Waals surface area contributed by atoms with Crippen LogP contribution in [-0.2, 0) is 4.79 Å². The molecule has 1 atom stereocenters. The van der Waals surface area contributed by atoms with Crippen LogP contribution in [0.4, 0.5) is 0 Å². The average molecular weight is 310 g/mol. The molecule has 0 bridgehead atoms. The zero-order valence-electron chi connectivity index (χ0n) is 10.4. The number of thiophene rings is 1. The highest BCUT2D eigenvalue weighted by Gasteiger charge is 2.19. The van der Waals surface area contributed by atoms with Crippen molar-refractivity contribution in [3.63, 3.8) is 0 Å². The maximum atomic E-state index is 12.0. The minimum Gasteiger partial charge on any atom is -0.481 e. The molecule has 6 heteroatoms. The summed E-state index contributed by atoms with van der Waals surface area (Å²) in [6.07, 6.45) is -0.197. The second kappa shape index (κ2) is 6.54. The van der Waals surface area contributed by atoms with E-state index in [9.17, 15) is 9.59 Å². The zero-order chi connectivity index (χ0) is 14.5. The Kier molecular flexibility index (Phi) is 4.76. The number of rotatable bonds is 5. The predicted octanol–water partition coefficient (Wildman–Crippen LogP) is 3.35. The minimum atomic E-state index is -0.985. The number of nitrogens with one attached hydrogen (secondary N) is 1. The molecular formula is C14H12ClNO3S. The zero-order valence-corrected chi connectivity index (χ0v) is 11.9. The average Bonchev–Trinajstić information content (AvgIpc) is 2.91. The number of carbonyl (C=O) groups is 2. The summed E-state index contributed by atoms with van der Waals surface area (Å²) in [5.74, 6) is -1.27. The van der Waals surface area contributed by atoms with Gasteiger partial charge in [0.1, 0.15) is 0 Å². The minimum absolute atomic E-state index is 0.197. The van der Waals surface area contributed by atoms with E-state index in [1.54, 1.807) is 41.8 Å². The first-order valence-electron chi connectivity index (χ1n) is 5.88. The first kappa shape index (κ1) is 14.6. The summed E-state index contributed by atoms with van der Waals surface area (Å²) in [6.45, 7) is 0. The van der Waals surface area contributed by atoms with Crippen LogP contribution < -0.4 is 5.32 Å². The van der Waals surface area contributed by atoms with Crippen molar-refractivity contribution >= 4 is 34.8 Å². The lowest BCUT2D eigenvalue weighted by atomic mass is 10.0. The van der Waals surface area contributed by atoms with Gasteiger partial charge in [0.15, 0.2) is 0 Å². The van der Waals surface area contributed by atoms with E-state index in [1.807, 2.05) is 0 Å². The van der Waals surface area contributed by atoms with Crippen LogP contribution in [0.2, 0.25) is 5.02 Å². The van der Waals surface area contributed by atoms with Crippen LogP contribution in [0.15, 0.2) is 41.8 Å². The Morgan fingerprint density at radius 3 is 2.70 bits per heavy atom. The molecule has 0 saturated heterocycles. The van der Waals surface area contributed by atoms with E-state index in [-0.39, 0.29) is 12.3 Å². The molecule has 0 saturated carbocycles. The smallest absolute Gasteiger partial charge is 0.305 e. The number of amides is 1. The SMILES string of the molecule is O=C(O)C[C@@H](NC(=O)c1cccs1)c1cccc(Cl)c1. The molecular weight excluding hydrogens is 298 g/mol. The Balaban J connectivity index is 2.20. The van der Waals surface area contributed by atoms with Crippen molar-refractivity contribution in [1.29, 1.82) is 0 Å². The van der Waals surface area contributed by atoms with Crippen molar-refractivity contribution < 1.29 is 14.7 Å². The second-order valence-electron chi connectivity index (χ2n) is 4.16. The second-order valence-corrected chi connectivity index (χ2v) is 5.54. The van der Waals surface area contributed by atoms with Gasteiger partial charge in [0.25, 0.3) is 5.91 Å². The van der Waals surface area contributed by atoms with Crippen LogP contribution in [0.5, 0.6) is 0 Å². The predicted molar refractivity (Wildman–Crippen MR) is 78.2 cm³/mol. The molecule has 0 fully saturated rings. The quantitative estimate of drug-likeness (QED) is 0.890. The first-order chi connectivity index (χ1) is 9.56. The summed E-state index contributed by atoms with van der Waals surface area (Å²) in [7, 11) is 0. The maximum absolute atomic E-state index is 12.0. The molecule has 0 unspecified atom stereocenters. The van der Waals surface area contributed by atoms with Crippen LogP contribution in [0.1, 0.15) is 27.7 Å². The van der Waals surface area contributed by atoms with Gasteiger partial charge < -0.3 is 10.4 Å². The van der Waals surface area contributed by atoms with Gasteiger partial charge in [0, 0.05) is 5.02 Å². The molecule has 20 heavy (non-hydrogen) atoms. The standard InChI is InChI=1S/C14H12ClNO3S/c15-10-4-1-3-9(7-10)11(8-13(17)18)16-14(19)12-5-2-6-20-12/h1-7,11H,8H2,(H,16,19)(H,17,18)/t11-/m1/s1. The molecule has 0 radical (unpaired) electrons. The molecule has 0 aliphatic rings. The van der Waals surface area contributed by atoms with Gasteiger partial charge in [-0.05, 0) is 29.1 Å². The lowest BCUT2D eigenvalue weighted by Gasteiger charge is -2.17. The molecule has 1 heterocycles. The van der Waals surface area contributed by atoms with Gasteiger partial charge in [-0.3, -0.25) is 9.59 Å². The highest BCUT2D eigenvalue weighted by atomic mass is 35.5. The van der Waals surface area contributed by atoms with Crippen molar-refractivity contribution in [3.05, 3.63) is 57.2 Å². The molecule has 1 aromatic carbocycles. The monoisotopic (exact) mass is 309 g/mol. The number of aliphatic carboxylic acids is 1. The molecule has 0 spiro atoms. The molecule has 0 aliphatic heterocycles. The van der Waals surface area contributed by atoms with Crippen molar-refractivity contribution in [2.75, 3.05) is 0 Å². The van der Waals surface area contributed by atoms with Gasteiger partial charge >= 0.3 is 5.97 Å². The topological polar surface area (TPSA) is 66.4 Å². The van der Waals surface area contributed by atoms with E-state index in [2.05, 4.69) is 5.32 Å². The van der Waals surface area contributed by atoms with Crippen LogP contribution in [0.3, 0.4) is 0 Å². The Hall–Kier alpha value is -1.85. The van der Waals surface area contributed by atoms with Crippen LogP contribution in [0, 0.1) is 0 Å². The molecule has 104 valence electrons. The lowest BCUT2D eigenvalue weighted by molar-refractivity contribution is -0.137. The summed E-state index contributed by atoms with van der Waals surface area (Å²) >= 11 is 7.21. The third-order valence-electron chi connectivity index (χ3n) is 2.68. The van der Waals surface area contributed by atoms with E-state index < -0.39 is 12.0 Å². The third-order valence-corrected chi connectivity index (χ3v) is 3.78. The van der Waals surface area contributed by atoms with Gasteiger partial charge in [-0.25, -0.2) is 0 Å². The summed E-state index contributed by atoms with van der Waals surface area (Å²) in [5, 5.41) is 14.0. The number of halogens is 1. The molecule has 2 rings (SSSR count). The van der Waals surface area contributed by atoms with Gasteiger partial charge in [-0.15, -0.1) is 11.3 Å². The van der Waals surface area contributed by atoms with Crippen LogP contribution in [0.25, 0.3) is 0 Å². The summed E-state index contributed by atoms with van der Waals surface area (Å²) in [6, 6.07) is 9.67. The molecule has 2 N–H and O–H groups in total. The van der Waals surface area contributed by atoms with E-state index in [1.165, 1.54) is 11.3 Å². The fraction of sp³-hybridized carbons (Fsp3) is 0.143. The van der Waals surface area contributed by atoms with Crippen molar-refractivity contribution in [2.24, 2.45) is 0 Å². The maximum Gasteiger partial charge on any atom is 0.305 e. The van der Waals surface area contributed by atoms with E-state index in [0.717, 1.165) is 0 Å². The van der Waals surface area contributed by atoms with Gasteiger partial charge in [-0.2, -0.15) is 0 Å². The number of hydrogen-bond acceptors (Lipinski definition) is 3. The van der Waals surface area contributed by atoms with Crippen molar-refractivity contribution in [2.45, 2.75) is 12.5 Å². The fourth-order valence-electron chi connectivity index (χ4n) is 1.79. The number of carboxylic acids is 1. The summed E-state index contributed by atoms with van der Waals surface area (Å²) < 4.78 is 0. The molecule has 4 nitrogen and oxygen atoms in total. The van der Waals surface area contributed by atoms with E-state index >= 15 is 0 Å².